The van der Waals surface area contributed by atoms with Crippen LogP contribution in [-0.4, -0.2) is 19.0 Å². The van der Waals surface area contributed by atoms with Crippen LogP contribution in [0.4, 0.5) is 11.4 Å². The maximum atomic E-state index is 10.9. The van der Waals surface area contributed by atoms with Crippen molar-refractivity contribution >= 4 is 17.3 Å². The van der Waals surface area contributed by atoms with Gasteiger partial charge in [-0.05, 0) is 23.6 Å². The van der Waals surface area contributed by atoms with Gasteiger partial charge in [0.05, 0.1) is 6.54 Å². The van der Waals surface area contributed by atoms with Crippen LogP contribution in [0, 0.1) is 0 Å². The predicted molar refractivity (Wildman–Crippen MR) is 60.4 cm³/mol. The zero-order valence-electron chi connectivity index (χ0n) is 8.63. The largest absolute Gasteiger partial charge is 0.368 e. The number of hydrogen-bond acceptors (Lipinski definition) is 3. The Morgan fingerprint density at radius 2 is 2.44 bits per heavy atom. The van der Waals surface area contributed by atoms with E-state index in [9.17, 15) is 4.79 Å². The summed E-state index contributed by atoms with van der Waals surface area (Å²) in [5.41, 5.74) is 16.2. The number of nitrogens with two attached hydrogens (primary N) is 1. The van der Waals surface area contributed by atoms with Gasteiger partial charge in [-0.25, -0.2) is 0 Å². The number of fused-ring (bicyclic) bond motifs is 1. The number of amides is 1. The Bertz CT molecular complexity index is 478. The van der Waals surface area contributed by atoms with Crippen molar-refractivity contribution in [3.05, 3.63) is 34.2 Å². The number of carbonyl (C=O) groups excluding carboxylic acids is 1. The molecule has 16 heavy (non-hydrogen) atoms. The van der Waals surface area contributed by atoms with Gasteiger partial charge < -0.3 is 10.6 Å². The summed E-state index contributed by atoms with van der Waals surface area (Å²) in [4.78, 5) is 15.5. The molecule has 0 bridgehead atoms. The lowest BCUT2D eigenvalue weighted by molar-refractivity contribution is -0.116. The number of rotatable bonds is 3. The van der Waals surface area contributed by atoms with Gasteiger partial charge in [-0.15, -0.1) is 0 Å². The zero-order chi connectivity index (χ0) is 11.5. The Balaban J connectivity index is 2.32. The van der Waals surface area contributed by atoms with E-state index in [-0.39, 0.29) is 12.5 Å². The van der Waals surface area contributed by atoms with Crippen molar-refractivity contribution in [2.45, 2.75) is 6.42 Å². The maximum absolute atomic E-state index is 10.9. The molecule has 82 valence electrons. The minimum atomic E-state index is -0.359. The van der Waals surface area contributed by atoms with Crippen LogP contribution in [0.25, 0.3) is 10.4 Å². The van der Waals surface area contributed by atoms with Gasteiger partial charge in [-0.2, -0.15) is 0 Å². The molecule has 1 aromatic rings. The van der Waals surface area contributed by atoms with Gasteiger partial charge in [-0.3, -0.25) is 4.79 Å². The summed E-state index contributed by atoms with van der Waals surface area (Å²) < 4.78 is 0. The lowest BCUT2D eigenvalue weighted by Crippen LogP contribution is -2.32. The van der Waals surface area contributed by atoms with Crippen LogP contribution in [0.3, 0.4) is 0 Å². The second-order valence-electron chi connectivity index (χ2n) is 3.64. The van der Waals surface area contributed by atoms with Gasteiger partial charge in [0.25, 0.3) is 0 Å². The molecule has 1 amide bonds. The minimum Gasteiger partial charge on any atom is -0.368 e. The normalized spacial score (nSPS) is 13.1. The minimum absolute atomic E-state index is 0.201. The number of azide groups is 1. The van der Waals surface area contributed by atoms with E-state index in [0.29, 0.717) is 5.69 Å². The van der Waals surface area contributed by atoms with Crippen molar-refractivity contribution in [1.29, 1.82) is 0 Å². The molecule has 0 radical (unpaired) electrons. The third-order valence-corrected chi connectivity index (χ3v) is 2.57. The standard InChI is InChI=1S/C10H11N5O/c11-10(16)6-15-4-3-7-1-2-8(13-14-12)5-9(7)15/h1-2,5H,3-4,6H2,(H2,11,16). The van der Waals surface area contributed by atoms with E-state index in [1.165, 1.54) is 0 Å². The Morgan fingerprint density at radius 3 is 3.12 bits per heavy atom. The molecule has 0 spiro atoms. The van der Waals surface area contributed by atoms with E-state index in [0.717, 1.165) is 24.2 Å². The van der Waals surface area contributed by atoms with Crippen LogP contribution in [0.5, 0.6) is 0 Å². The van der Waals surface area contributed by atoms with Crippen molar-refractivity contribution < 1.29 is 4.79 Å². The number of benzene rings is 1. The average Bonchev–Trinajstić information content (AvgIpc) is 2.61. The third-order valence-electron chi connectivity index (χ3n) is 2.57. The van der Waals surface area contributed by atoms with Crippen molar-refractivity contribution in [2.75, 3.05) is 18.0 Å². The van der Waals surface area contributed by atoms with Crippen LogP contribution in [0.1, 0.15) is 5.56 Å². The molecule has 1 aliphatic heterocycles. The number of anilines is 1. The first kappa shape index (κ1) is 10.3. The van der Waals surface area contributed by atoms with E-state index in [1.807, 2.05) is 11.0 Å². The Labute approximate surface area is 92.3 Å². The van der Waals surface area contributed by atoms with E-state index in [1.54, 1.807) is 12.1 Å². The monoisotopic (exact) mass is 217 g/mol. The van der Waals surface area contributed by atoms with Gasteiger partial charge >= 0.3 is 0 Å². The van der Waals surface area contributed by atoms with Crippen LogP contribution in [0.15, 0.2) is 23.3 Å². The molecule has 0 unspecified atom stereocenters. The second kappa shape index (κ2) is 4.12. The zero-order valence-corrected chi connectivity index (χ0v) is 8.63. The van der Waals surface area contributed by atoms with Gasteiger partial charge in [0, 0.05) is 22.8 Å². The predicted octanol–water partition coefficient (Wildman–Crippen LogP) is 1.48. The lowest BCUT2D eigenvalue weighted by atomic mass is 10.1. The van der Waals surface area contributed by atoms with Crippen molar-refractivity contribution in [2.24, 2.45) is 10.8 Å². The molecular weight excluding hydrogens is 206 g/mol. The second-order valence-corrected chi connectivity index (χ2v) is 3.64. The molecule has 0 saturated heterocycles. The average molecular weight is 217 g/mol. The lowest BCUT2D eigenvalue weighted by Gasteiger charge is -2.17. The van der Waals surface area contributed by atoms with Crippen molar-refractivity contribution in [1.82, 2.24) is 0 Å². The molecule has 6 heteroatoms. The van der Waals surface area contributed by atoms with Crippen LogP contribution in [0.2, 0.25) is 0 Å². The molecule has 1 heterocycles. The molecule has 2 N–H and O–H groups in total. The number of carbonyl (C=O) groups is 1. The molecule has 2 rings (SSSR count). The van der Waals surface area contributed by atoms with E-state index >= 15 is 0 Å². The first-order valence-corrected chi connectivity index (χ1v) is 4.92. The van der Waals surface area contributed by atoms with Crippen LogP contribution in [-0.2, 0) is 11.2 Å². The van der Waals surface area contributed by atoms with Gasteiger partial charge in [0.2, 0.25) is 5.91 Å². The quantitative estimate of drug-likeness (QED) is 0.471. The highest BCUT2D eigenvalue weighted by Crippen LogP contribution is 2.31. The molecular formula is C10H11N5O. The number of hydrogen-bond donors (Lipinski definition) is 1. The van der Waals surface area contributed by atoms with Crippen molar-refractivity contribution in [3.8, 4) is 0 Å². The van der Waals surface area contributed by atoms with Crippen molar-refractivity contribution in [3.63, 3.8) is 0 Å². The Kier molecular flexibility index (Phi) is 2.66. The fraction of sp³-hybridized carbons (Fsp3) is 0.300. The molecule has 0 aliphatic carbocycles. The first-order valence-electron chi connectivity index (χ1n) is 4.92. The van der Waals surface area contributed by atoms with Crippen LogP contribution < -0.4 is 10.6 Å². The molecule has 0 fully saturated rings. The summed E-state index contributed by atoms with van der Waals surface area (Å²) in [5.74, 6) is -0.359. The summed E-state index contributed by atoms with van der Waals surface area (Å²) in [6, 6.07) is 5.47. The van der Waals surface area contributed by atoms with E-state index in [4.69, 9.17) is 11.3 Å². The van der Waals surface area contributed by atoms with Gasteiger partial charge in [0.1, 0.15) is 0 Å². The highest BCUT2D eigenvalue weighted by molar-refractivity contribution is 5.81. The van der Waals surface area contributed by atoms with E-state index < -0.39 is 0 Å². The molecule has 6 nitrogen and oxygen atoms in total. The third kappa shape index (κ3) is 1.92. The highest BCUT2D eigenvalue weighted by atomic mass is 16.1. The van der Waals surface area contributed by atoms with E-state index in [2.05, 4.69) is 10.0 Å². The summed E-state index contributed by atoms with van der Waals surface area (Å²) in [7, 11) is 0. The summed E-state index contributed by atoms with van der Waals surface area (Å²) in [5, 5.41) is 3.54. The smallest absolute Gasteiger partial charge is 0.236 e. The summed E-state index contributed by atoms with van der Waals surface area (Å²) >= 11 is 0. The fourth-order valence-electron chi connectivity index (χ4n) is 1.90. The first-order chi connectivity index (χ1) is 7.70. The number of primary amides is 1. The summed E-state index contributed by atoms with van der Waals surface area (Å²) in [6.07, 6.45) is 0.888. The molecule has 0 atom stereocenters. The molecule has 0 aromatic heterocycles. The number of nitrogens with zero attached hydrogens (tertiary/aromatic N) is 4. The summed E-state index contributed by atoms with van der Waals surface area (Å²) in [6.45, 7) is 0.977. The topological polar surface area (TPSA) is 95.1 Å². The molecule has 0 saturated carbocycles. The fourth-order valence-corrected chi connectivity index (χ4v) is 1.90. The van der Waals surface area contributed by atoms with Gasteiger partial charge in [0.15, 0.2) is 0 Å². The molecule has 1 aliphatic rings. The molecule has 1 aromatic carbocycles. The highest BCUT2D eigenvalue weighted by Gasteiger charge is 2.20. The maximum Gasteiger partial charge on any atom is 0.236 e. The Morgan fingerprint density at radius 1 is 1.62 bits per heavy atom. The SMILES string of the molecule is [N-]=[N+]=Nc1ccc2c(c1)N(CC(N)=O)CC2. The Hall–Kier alpha value is -2.20. The van der Waals surface area contributed by atoms with Gasteiger partial charge in [-0.1, -0.05) is 17.2 Å². The van der Waals surface area contributed by atoms with Crippen LogP contribution >= 0.6 is 0 Å².